The van der Waals surface area contributed by atoms with Gasteiger partial charge in [0, 0.05) is 0 Å². The lowest BCUT2D eigenvalue weighted by molar-refractivity contribution is -0.120. The van der Waals surface area contributed by atoms with E-state index in [4.69, 9.17) is 4.42 Å². The van der Waals surface area contributed by atoms with Gasteiger partial charge in [-0.1, -0.05) is 12.1 Å². The predicted octanol–water partition coefficient (Wildman–Crippen LogP) is 0.865. The minimum absolute atomic E-state index is 0.101. The first kappa shape index (κ1) is 14.3. The Hall–Kier alpha value is -3.09. The Bertz CT molecular complexity index is 650. The SMILES string of the molecule is O=C(CNC(=O)c1ccccc1O)NN=Cc1ccco1. The Kier molecular flexibility index (Phi) is 4.70. The van der Waals surface area contributed by atoms with E-state index >= 15 is 0 Å². The lowest BCUT2D eigenvalue weighted by Crippen LogP contribution is -2.34. The highest BCUT2D eigenvalue weighted by molar-refractivity contribution is 5.98. The Morgan fingerprint density at radius 2 is 2.05 bits per heavy atom. The van der Waals surface area contributed by atoms with Crippen LogP contribution in [0.1, 0.15) is 16.1 Å². The van der Waals surface area contributed by atoms with Crippen molar-refractivity contribution in [1.29, 1.82) is 0 Å². The van der Waals surface area contributed by atoms with E-state index in [2.05, 4.69) is 15.8 Å². The molecule has 21 heavy (non-hydrogen) atoms. The molecule has 0 fully saturated rings. The van der Waals surface area contributed by atoms with E-state index in [0.717, 1.165) is 0 Å². The lowest BCUT2D eigenvalue weighted by atomic mass is 10.2. The molecular weight excluding hydrogens is 274 g/mol. The van der Waals surface area contributed by atoms with Gasteiger partial charge in [0.05, 0.1) is 24.6 Å². The summed E-state index contributed by atoms with van der Waals surface area (Å²) in [6, 6.07) is 9.43. The van der Waals surface area contributed by atoms with Crippen molar-refractivity contribution in [1.82, 2.24) is 10.7 Å². The first-order valence-corrected chi connectivity index (χ1v) is 6.08. The molecule has 1 aromatic carbocycles. The van der Waals surface area contributed by atoms with E-state index in [0.29, 0.717) is 5.76 Å². The van der Waals surface area contributed by atoms with E-state index < -0.39 is 11.8 Å². The van der Waals surface area contributed by atoms with Crippen LogP contribution in [0, 0.1) is 0 Å². The molecule has 0 saturated heterocycles. The summed E-state index contributed by atoms with van der Waals surface area (Å²) in [5, 5.41) is 15.5. The van der Waals surface area contributed by atoms with Crippen LogP contribution >= 0.6 is 0 Å². The minimum Gasteiger partial charge on any atom is -0.507 e. The van der Waals surface area contributed by atoms with Crippen LogP contribution in [0.3, 0.4) is 0 Å². The number of hydrogen-bond donors (Lipinski definition) is 3. The maximum absolute atomic E-state index is 11.7. The molecule has 1 heterocycles. The number of para-hydroxylation sites is 1. The van der Waals surface area contributed by atoms with Crippen molar-refractivity contribution in [3.63, 3.8) is 0 Å². The van der Waals surface area contributed by atoms with E-state index in [-0.39, 0.29) is 17.9 Å². The van der Waals surface area contributed by atoms with Gasteiger partial charge in [-0.05, 0) is 24.3 Å². The summed E-state index contributed by atoms with van der Waals surface area (Å²) in [6.45, 7) is -0.261. The fraction of sp³-hybridized carbons (Fsp3) is 0.0714. The van der Waals surface area contributed by atoms with E-state index in [1.165, 1.54) is 24.6 Å². The standard InChI is InChI=1S/C14H13N3O4/c18-12-6-2-1-5-11(12)14(20)15-9-13(19)17-16-8-10-4-3-7-21-10/h1-8,18H,9H2,(H,15,20)(H,17,19). The molecule has 0 radical (unpaired) electrons. The van der Waals surface area contributed by atoms with Gasteiger partial charge in [0.15, 0.2) is 0 Å². The van der Waals surface area contributed by atoms with Crippen LogP contribution in [0.25, 0.3) is 0 Å². The molecule has 0 aliphatic heterocycles. The highest BCUT2D eigenvalue weighted by Crippen LogP contribution is 2.14. The third-order valence-corrected chi connectivity index (χ3v) is 2.48. The van der Waals surface area contributed by atoms with Crippen LogP contribution in [0.4, 0.5) is 0 Å². The molecule has 1 aromatic heterocycles. The Labute approximate surface area is 120 Å². The van der Waals surface area contributed by atoms with Crippen LogP contribution in [-0.4, -0.2) is 29.7 Å². The smallest absolute Gasteiger partial charge is 0.259 e. The maximum atomic E-state index is 11.7. The molecule has 2 aromatic rings. The summed E-state index contributed by atoms with van der Waals surface area (Å²) in [5.41, 5.74) is 2.34. The number of nitrogens with one attached hydrogen (secondary N) is 2. The molecule has 0 atom stereocenters. The molecular formula is C14H13N3O4. The molecule has 0 unspecified atom stereocenters. The van der Waals surface area contributed by atoms with Crippen molar-refractivity contribution in [2.24, 2.45) is 5.10 Å². The highest BCUT2D eigenvalue weighted by atomic mass is 16.3. The van der Waals surface area contributed by atoms with Crippen molar-refractivity contribution >= 4 is 18.0 Å². The first-order chi connectivity index (χ1) is 10.2. The summed E-state index contributed by atoms with van der Waals surface area (Å²) < 4.78 is 4.99. The van der Waals surface area contributed by atoms with E-state index in [1.54, 1.807) is 24.3 Å². The number of furan rings is 1. The summed E-state index contributed by atoms with van der Waals surface area (Å²) >= 11 is 0. The van der Waals surface area contributed by atoms with Crippen molar-refractivity contribution < 1.29 is 19.1 Å². The third-order valence-electron chi connectivity index (χ3n) is 2.48. The van der Waals surface area contributed by atoms with E-state index in [9.17, 15) is 14.7 Å². The van der Waals surface area contributed by atoms with Crippen molar-refractivity contribution in [3.8, 4) is 5.75 Å². The van der Waals surface area contributed by atoms with Gasteiger partial charge in [0.1, 0.15) is 11.5 Å². The van der Waals surface area contributed by atoms with Crippen molar-refractivity contribution in [3.05, 3.63) is 54.0 Å². The zero-order valence-corrected chi connectivity index (χ0v) is 10.9. The number of benzene rings is 1. The topological polar surface area (TPSA) is 104 Å². The molecule has 0 bridgehead atoms. The average Bonchev–Trinajstić information content (AvgIpc) is 2.98. The molecule has 2 rings (SSSR count). The number of nitrogens with zero attached hydrogens (tertiary/aromatic N) is 1. The van der Waals surface area contributed by atoms with Gasteiger partial charge in [-0.15, -0.1) is 0 Å². The quantitative estimate of drug-likeness (QED) is 0.560. The Morgan fingerprint density at radius 1 is 1.24 bits per heavy atom. The summed E-state index contributed by atoms with van der Waals surface area (Å²) in [6.07, 6.45) is 2.82. The fourth-order valence-electron chi connectivity index (χ4n) is 1.49. The van der Waals surface area contributed by atoms with Crippen LogP contribution in [0.5, 0.6) is 5.75 Å². The van der Waals surface area contributed by atoms with Gasteiger partial charge in [0.2, 0.25) is 0 Å². The number of rotatable bonds is 5. The second kappa shape index (κ2) is 6.90. The van der Waals surface area contributed by atoms with Gasteiger partial charge in [-0.2, -0.15) is 5.10 Å². The Morgan fingerprint density at radius 3 is 2.76 bits per heavy atom. The second-order valence-electron chi connectivity index (χ2n) is 4.01. The highest BCUT2D eigenvalue weighted by Gasteiger charge is 2.10. The molecule has 0 aliphatic rings. The summed E-state index contributed by atoms with van der Waals surface area (Å²) in [5.74, 6) is -0.695. The number of amides is 2. The lowest BCUT2D eigenvalue weighted by Gasteiger charge is -2.05. The second-order valence-corrected chi connectivity index (χ2v) is 4.01. The molecule has 7 nitrogen and oxygen atoms in total. The molecule has 7 heteroatoms. The number of carbonyl (C=O) groups is 2. The monoisotopic (exact) mass is 287 g/mol. The molecule has 108 valence electrons. The Balaban J connectivity index is 1.79. The van der Waals surface area contributed by atoms with Crippen LogP contribution in [0.2, 0.25) is 0 Å². The molecule has 3 N–H and O–H groups in total. The summed E-state index contributed by atoms with van der Waals surface area (Å²) in [4.78, 5) is 23.2. The summed E-state index contributed by atoms with van der Waals surface area (Å²) in [7, 11) is 0. The number of carbonyl (C=O) groups excluding carboxylic acids is 2. The maximum Gasteiger partial charge on any atom is 0.259 e. The van der Waals surface area contributed by atoms with Crippen LogP contribution in [0.15, 0.2) is 52.2 Å². The largest absolute Gasteiger partial charge is 0.507 e. The third kappa shape index (κ3) is 4.20. The van der Waals surface area contributed by atoms with Crippen LogP contribution < -0.4 is 10.7 Å². The van der Waals surface area contributed by atoms with Gasteiger partial charge in [-0.25, -0.2) is 5.43 Å². The molecule has 0 spiro atoms. The number of aromatic hydroxyl groups is 1. The van der Waals surface area contributed by atoms with Gasteiger partial charge < -0.3 is 14.8 Å². The molecule has 2 amide bonds. The van der Waals surface area contributed by atoms with Crippen molar-refractivity contribution in [2.75, 3.05) is 6.54 Å². The zero-order valence-electron chi connectivity index (χ0n) is 10.9. The predicted molar refractivity (Wildman–Crippen MR) is 74.9 cm³/mol. The first-order valence-electron chi connectivity index (χ1n) is 6.08. The number of phenolic OH excluding ortho intramolecular Hbond substituents is 1. The van der Waals surface area contributed by atoms with Crippen molar-refractivity contribution in [2.45, 2.75) is 0 Å². The molecule has 0 saturated carbocycles. The van der Waals surface area contributed by atoms with Crippen LogP contribution in [-0.2, 0) is 4.79 Å². The fourth-order valence-corrected chi connectivity index (χ4v) is 1.49. The normalized spacial score (nSPS) is 10.5. The average molecular weight is 287 g/mol. The van der Waals surface area contributed by atoms with Gasteiger partial charge >= 0.3 is 0 Å². The van der Waals surface area contributed by atoms with Gasteiger partial charge in [0.25, 0.3) is 11.8 Å². The van der Waals surface area contributed by atoms with E-state index in [1.807, 2.05) is 0 Å². The zero-order chi connectivity index (χ0) is 15.1. The minimum atomic E-state index is -0.543. The number of phenols is 1. The number of hydrazone groups is 1. The number of hydrogen-bond acceptors (Lipinski definition) is 5. The van der Waals surface area contributed by atoms with Gasteiger partial charge in [-0.3, -0.25) is 9.59 Å². The molecule has 0 aliphatic carbocycles.